The Morgan fingerprint density at radius 2 is 1.70 bits per heavy atom. The summed E-state index contributed by atoms with van der Waals surface area (Å²) in [5.74, 6) is -0.439. The van der Waals surface area contributed by atoms with Crippen LogP contribution in [0, 0.1) is 19.7 Å². The van der Waals surface area contributed by atoms with E-state index in [0.717, 1.165) is 27.9 Å². The first-order chi connectivity index (χ1) is 15.9. The molecule has 2 aromatic carbocycles. The molecule has 0 saturated heterocycles. The largest absolute Gasteiger partial charge is 0.343 e. The van der Waals surface area contributed by atoms with Crippen molar-refractivity contribution in [2.45, 2.75) is 40.4 Å². The van der Waals surface area contributed by atoms with Crippen molar-refractivity contribution in [1.82, 2.24) is 19.2 Å². The average Bonchev–Trinajstić information content (AvgIpc) is 3.06. The van der Waals surface area contributed by atoms with Crippen LogP contribution >= 0.6 is 0 Å². The maximum absolute atomic E-state index is 13.3. The van der Waals surface area contributed by atoms with Crippen molar-refractivity contribution in [1.29, 1.82) is 0 Å². The van der Waals surface area contributed by atoms with Crippen LogP contribution in [0.1, 0.15) is 29.4 Å². The monoisotopic (exact) mass is 446 g/mol. The molecule has 0 N–H and O–H groups in total. The number of rotatable bonds is 7. The maximum Gasteiger partial charge on any atom is 0.276 e. The molecule has 0 bridgehead atoms. The number of fused-ring (bicyclic) bond motifs is 1. The number of likely N-dealkylation sites (N-methyl/N-ethyl adjacent to an activating group) is 1. The van der Waals surface area contributed by atoms with Crippen molar-refractivity contribution < 1.29 is 9.18 Å². The van der Waals surface area contributed by atoms with Gasteiger partial charge in [0.2, 0.25) is 5.91 Å². The lowest BCUT2D eigenvalue weighted by atomic mass is 10.2. The van der Waals surface area contributed by atoms with E-state index in [1.807, 2.05) is 55.7 Å². The second-order valence-electron chi connectivity index (χ2n) is 8.17. The molecule has 170 valence electrons. The molecule has 2 aromatic heterocycles. The molecule has 7 heteroatoms. The van der Waals surface area contributed by atoms with Crippen molar-refractivity contribution in [2.75, 3.05) is 6.54 Å². The summed E-state index contributed by atoms with van der Waals surface area (Å²) in [5.41, 5.74) is 3.40. The highest BCUT2D eigenvalue weighted by molar-refractivity contribution is 5.87. The van der Waals surface area contributed by atoms with E-state index in [9.17, 15) is 14.0 Å². The molecular formula is C26H27FN4O2. The number of carbonyl (C=O) groups excluding carboxylic acids is 1. The average molecular weight is 447 g/mol. The van der Waals surface area contributed by atoms with Crippen LogP contribution in [0.15, 0.2) is 65.6 Å². The number of hydrogen-bond acceptors (Lipinski definition) is 3. The van der Waals surface area contributed by atoms with E-state index in [4.69, 9.17) is 0 Å². The molecule has 0 unspecified atom stereocenters. The Hall–Kier alpha value is -3.74. The second kappa shape index (κ2) is 9.40. The van der Waals surface area contributed by atoms with Gasteiger partial charge in [-0.3, -0.25) is 9.59 Å². The minimum absolute atomic E-state index is 0.114. The van der Waals surface area contributed by atoms with Crippen LogP contribution in [0.5, 0.6) is 0 Å². The number of aryl methyl sites for hydroxylation is 2. The third kappa shape index (κ3) is 4.58. The van der Waals surface area contributed by atoms with Gasteiger partial charge in [0.15, 0.2) is 0 Å². The van der Waals surface area contributed by atoms with Gasteiger partial charge < -0.3 is 9.47 Å². The van der Waals surface area contributed by atoms with Crippen LogP contribution in [0.2, 0.25) is 0 Å². The molecule has 1 amide bonds. The summed E-state index contributed by atoms with van der Waals surface area (Å²) in [6.07, 6.45) is 1.65. The van der Waals surface area contributed by atoms with Gasteiger partial charge in [-0.05, 0) is 44.0 Å². The number of benzene rings is 2. The zero-order chi connectivity index (χ0) is 23.5. The standard InChI is InChI=1S/C26H27FN4O2/c1-4-29(15-20-8-6-5-7-9-20)24(32)17-31-26(33)25-19(3)30(18(2)23(25)14-28-31)16-21-10-12-22(27)13-11-21/h5-14H,4,15-17H2,1-3H3. The van der Waals surface area contributed by atoms with Crippen LogP contribution < -0.4 is 5.56 Å². The van der Waals surface area contributed by atoms with Gasteiger partial charge in [-0.25, -0.2) is 9.07 Å². The summed E-state index contributed by atoms with van der Waals surface area (Å²) >= 11 is 0. The van der Waals surface area contributed by atoms with Gasteiger partial charge in [0.05, 0.1) is 11.6 Å². The number of nitrogens with zero attached hydrogens (tertiary/aromatic N) is 4. The summed E-state index contributed by atoms with van der Waals surface area (Å²) in [4.78, 5) is 27.9. The molecule has 33 heavy (non-hydrogen) atoms. The van der Waals surface area contributed by atoms with E-state index in [2.05, 4.69) is 5.10 Å². The lowest BCUT2D eigenvalue weighted by Gasteiger charge is -2.21. The van der Waals surface area contributed by atoms with E-state index < -0.39 is 0 Å². The van der Waals surface area contributed by atoms with Gasteiger partial charge in [-0.15, -0.1) is 0 Å². The van der Waals surface area contributed by atoms with Crippen molar-refractivity contribution in [2.24, 2.45) is 0 Å². The molecule has 4 rings (SSSR count). The molecule has 6 nitrogen and oxygen atoms in total. The maximum atomic E-state index is 13.3. The summed E-state index contributed by atoms with van der Waals surface area (Å²) in [5, 5.41) is 5.62. The van der Waals surface area contributed by atoms with Crippen LogP contribution in [0.25, 0.3) is 10.8 Å². The fourth-order valence-corrected chi connectivity index (χ4v) is 4.18. The Bertz CT molecular complexity index is 1340. The number of amides is 1. The summed E-state index contributed by atoms with van der Waals surface area (Å²) < 4.78 is 16.5. The first-order valence-electron chi connectivity index (χ1n) is 11.0. The van der Waals surface area contributed by atoms with Crippen molar-refractivity contribution in [3.63, 3.8) is 0 Å². The quantitative estimate of drug-likeness (QED) is 0.430. The fourth-order valence-electron chi connectivity index (χ4n) is 4.18. The van der Waals surface area contributed by atoms with Gasteiger partial charge in [0.25, 0.3) is 5.56 Å². The first-order valence-corrected chi connectivity index (χ1v) is 11.0. The predicted molar refractivity (Wildman–Crippen MR) is 127 cm³/mol. The highest BCUT2D eigenvalue weighted by Crippen LogP contribution is 2.23. The lowest BCUT2D eigenvalue weighted by Crippen LogP contribution is -2.37. The second-order valence-corrected chi connectivity index (χ2v) is 8.17. The zero-order valence-electron chi connectivity index (χ0n) is 19.1. The van der Waals surface area contributed by atoms with E-state index in [-0.39, 0.29) is 23.8 Å². The van der Waals surface area contributed by atoms with Crippen LogP contribution in [0.3, 0.4) is 0 Å². The zero-order valence-corrected chi connectivity index (χ0v) is 19.1. The number of halogens is 1. The number of carbonyl (C=O) groups is 1. The van der Waals surface area contributed by atoms with Crippen molar-refractivity contribution in [3.8, 4) is 0 Å². The molecule has 0 aliphatic rings. The first kappa shape index (κ1) is 22.5. The van der Waals surface area contributed by atoms with Crippen molar-refractivity contribution >= 4 is 16.7 Å². The third-order valence-corrected chi connectivity index (χ3v) is 6.09. The Morgan fingerprint density at radius 3 is 2.36 bits per heavy atom. The van der Waals surface area contributed by atoms with Gasteiger partial charge in [-0.2, -0.15) is 5.10 Å². The van der Waals surface area contributed by atoms with Gasteiger partial charge >= 0.3 is 0 Å². The van der Waals surface area contributed by atoms with E-state index in [1.165, 1.54) is 16.8 Å². The summed E-state index contributed by atoms with van der Waals surface area (Å²) in [7, 11) is 0. The van der Waals surface area contributed by atoms with Crippen LogP contribution in [0.4, 0.5) is 4.39 Å². The molecule has 0 aliphatic heterocycles. The van der Waals surface area contributed by atoms with E-state index >= 15 is 0 Å². The van der Waals surface area contributed by atoms with E-state index in [1.54, 1.807) is 23.2 Å². The highest BCUT2D eigenvalue weighted by Gasteiger charge is 2.19. The molecule has 0 spiro atoms. The van der Waals surface area contributed by atoms with Crippen LogP contribution in [-0.2, 0) is 24.4 Å². The van der Waals surface area contributed by atoms with Gasteiger partial charge in [0.1, 0.15) is 12.4 Å². The molecule has 2 heterocycles. The normalized spacial score (nSPS) is 11.2. The third-order valence-electron chi connectivity index (χ3n) is 6.09. The summed E-state index contributed by atoms with van der Waals surface area (Å²) in [6.45, 7) is 7.18. The SMILES string of the molecule is CCN(Cc1ccccc1)C(=O)Cn1ncc2c(C)n(Cc3ccc(F)cc3)c(C)c2c1=O. The fraction of sp³-hybridized carbons (Fsp3) is 0.269. The van der Waals surface area contributed by atoms with Gasteiger partial charge in [-0.1, -0.05) is 42.5 Å². The Kier molecular flexibility index (Phi) is 6.40. The molecule has 0 saturated carbocycles. The van der Waals surface area contributed by atoms with Crippen molar-refractivity contribution in [3.05, 3.63) is 99.5 Å². The molecular weight excluding hydrogens is 419 g/mol. The number of hydrogen-bond donors (Lipinski definition) is 0. The smallest absolute Gasteiger partial charge is 0.276 e. The lowest BCUT2D eigenvalue weighted by molar-refractivity contribution is -0.132. The minimum Gasteiger partial charge on any atom is -0.343 e. The molecule has 4 aromatic rings. The number of aromatic nitrogens is 3. The van der Waals surface area contributed by atoms with Crippen LogP contribution in [-0.4, -0.2) is 31.7 Å². The Balaban J connectivity index is 1.62. The Morgan fingerprint density at radius 1 is 1.00 bits per heavy atom. The molecule has 0 atom stereocenters. The molecule has 0 fully saturated rings. The molecule has 0 aliphatic carbocycles. The minimum atomic E-state index is -0.282. The predicted octanol–water partition coefficient (Wildman–Crippen LogP) is 4.05. The Labute approximate surface area is 191 Å². The van der Waals surface area contributed by atoms with Gasteiger partial charge in [0, 0.05) is 36.4 Å². The molecule has 0 radical (unpaired) electrons. The topological polar surface area (TPSA) is 60.1 Å². The summed E-state index contributed by atoms with van der Waals surface area (Å²) in [6, 6.07) is 16.1. The highest BCUT2D eigenvalue weighted by atomic mass is 19.1. The van der Waals surface area contributed by atoms with E-state index in [0.29, 0.717) is 25.0 Å².